The van der Waals surface area contributed by atoms with E-state index >= 15 is 0 Å². The maximum absolute atomic E-state index is 8.47. The third-order valence-electron chi connectivity index (χ3n) is 0. The van der Waals surface area contributed by atoms with Gasteiger partial charge in [0.25, 0.3) is 0 Å². The van der Waals surface area contributed by atoms with Crippen molar-refractivity contribution in [2.45, 2.75) is 6.92 Å². The van der Waals surface area contributed by atoms with Gasteiger partial charge in [0.2, 0.25) is 0 Å². The SMILES string of the molecule is CCO.[O]=[V]=[O]. The molecule has 1 N–H and O–H groups in total. The van der Waals surface area contributed by atoms with Gasteiger partial charge in [-0.15, -0.1) is 0 Å². The Kier molecular flexibility index (Phi) is 30.3. The zero-order valence-corrected chi connectivity index (χ0v) is 4.81. The van der Waals surface area contributed by atoms with Gasteiger partial charge in [0, 0.05) is 6.61 Å². The first kappa shape index (κ1) is 9.47. The topological polar surface area (TPSA) is 54.4 Å². The fourth-order valence-corrected chi connectivity index (χ4v) is 0. The van der Waals surface area contributed by atoms with Crippen LogP contribution in [0.1, 0.15) is 6.92 Å². The standard InChI is InChI=1S/C2H6O.2O.V/c1-2-3;;;/h3H,2H2,1H3;;;. The molecule has 3 nitrogen and oxygen atoms in total. The second-order valence-electron chi connectivity index (χ2n) is 0.391. The zero-order valence-electron chi connectivity index (χ0n) is 3.42. The molecular formula is C2H6O3V. The van der Waals surface area contributed by atoms with Gasteiger partial charge in [-0.3, -0.25) is 0 Å². The minimum absolute atomic E-state index is 0.250. The van der Waals surface area contributed by atoms with Gasteiger partial charge in [-0.1, -0.05) is 0 Å². The maximum atomic E-state index is 8.47. The van der Waals surface area contributed by atoms with Crippen LogP contribution in [0.25, 0.3) is 0 Å². The predicted octanol–water partition coefficient (Wildman–Crippen LogP) is -0.241. The molecule has 6 heavy (non-hydrogen) atoms. The van der Waals surface area contributed by atoms with Crippen molar-refractivity contribution in [1.82, 2.24) is 0 Å². The first-order chi connectivity index (χ1) is 2.83. The molecule has 0 rings (SSSR count). The van der Waals surface area contributed by atoms with Crippen molar-refractivity contribution >= 4 is 0 Å². The molecule has 0 saturated carbocycles. The predicted molar refractivity (Wildman–Crippen MR) is 14.1 cm³/mol. The number of aliphatic hydroxyl groups is 1. The van der Waals surface area contributed by atoms with E-state index < -0.39 is 16.2 Å². The number of hydrogen-bond acceptors (Lipinski definition) is 3. The summed E-state index contributed by atoms with van der Waals surface area (Å²) < 4.78 is 16.9. The molecule has 0 heterocycles. The molecule has 0 aliphatic rings. The van der Waals surface area contributed by atoms with Gasteiger partial charge in [0.1, 0.15) is 0 Å². The van der Waals surface area contributed by atoms with Crippen molar-refractivity contribution in [3.63, 3.8) is 0 Å². The van der Waals surface area contributed by atoms with Crippen molar-refractivity contribution in [1.29, 1.82) is 0 Å². The Morgan fingerprint density at radius 2 is 1.67 bits per heavy atom. The van der Waals surface area contributed by atoms with Gasteiger partial charge in [-0.05, 0) is 6.92 Å². The Morgan fingerprint density at radius 1 is 1.67 bits per heavy atom. The summed E-state index contributed by atoms with van der Waals surface area (Å²) in [5.41, 5.74) is 0. The number of aliphatic hydroxyl groups excluding tert-OH is 1. The van der Waals surface area contributed by atoms with Gasteiger partial charge in [-0.25, -0.2) is 0 Å². The quantitative estimate of drug-likeness (QED) is 0.491. The molecule has 0 spiro atoms. The molecule has 0 amide bonds. The molecule has 0 saturated heterocycles. The van der Waals surface area contributed by atoms with Gasteiger partial charge in [0.15, 0.2) is 0 Å². The van der Waals surface area contributed by atoms with Gasteiger partial charge >= 0.3 is 23.5 Å². The monoisotopic (exact) mass is 129 g/mol. The van der Waals surface area contributed by atoms with E-state index in [9.17, 15) is 0 Å². The summed E-state index contributed by atoms with van der Waals surface area (Å²) in [6, 6.07) is 0. The third-order valence-corrected chi connectivity index (χ3v) is 0. The van der Waals surface area contributed by atoms with Crippen LogP contribution in [0.4, 0.5) is 0 Å². The molecule has 0 fully saturated rings. The first-order valence-electron chi connectivity index (χ1n) is 1.39. The molecule has 0 aliphatic heterocycles. The molecule has 0 aromatic rings. The Balaban J connectivity index is 0. The molecule has 0 radical (unpaired) electrons. The van der Waals surface area contributed by atoms with E-state index in [0.29, 0.717) is 0 Å². The van der Waals surface area contributed by atoms with Gasteiger partial charge in [-0.2, -0.15) is 0 Å². The van der Waals surface area contributed by atoms with Crippen LogP contribution in [0.5, 0.6) is 0 Å². The van der Waals surface area contributed by atoms with Gasteiger partial charge in [0.05, 0.1) is 0 Å². The van der Waals surface area contributed by atoms with Crippen LogP contribution in [-0.2, 0) is 23.5 Å². The van der Waals surface area contributed by atoms with Crippen LogP contribution < -0.4 is 0 Å². The second-order valence-corrected chi connectivity index (χ2v) is 0.624. The van der Waals surface area contributed by atoms with Crippen molar-refractivity contribution < 1.29 is 28.6 Å². The van der Waals surface area contributed by atoms with Crippen LogP contribution >= 0.6 is 0 Å². The van der Waals surface area contributed by atoms with E-state index in [1.807, 2.05) is 0 Å². The normalized spacial score (nSPS) is 4.33. The van der Waals surface area contributed by atoms with E-state index in [1.54, 1.807) is 6.92 Å². The van der Waals surface area contributed by atoms with E-state index in [0.717, 1.165) is 0 Å². The van der Waals surface area contributed by atoms with Crippen LogP contribution in [0.15, 0.2) is 0 Å². The van der Waals surface area contributed by atoms with Crippen molar-refractivity contribution in [2.75, 3.05) is 6.61 Å². The third kappa shape index (κ3) is 1960. The number of rotatable bonds is 0. The van der Waals surface area contributed by atoms with Crippen molar-refractivity contribution in [3.8, 4) is 0 Å². The van der Waals surface area contributed by atoms with Gasteiger partial charge < -0.3 is 5.11 Å². The average molecular weight is 129 g/mol. The fraction of sp³-hybridized carbons (Fsp3) is 1.00. The summed E-state index contributed by atoms with van der Waals surface area (Å²) in [4.78, 5) is 0. The molecular weight excluding hydrogens is 123 g/mol. The van der Waals surface area contributed by atoms with Crippen molar-refractivity contribution in [2.24, 2.45) is 0 Å². The van der Waals surface area contributed by atoms with E-state index in [2.05, 4.69) is 0 Å². The first-order valence-corrected chi connectivity index (χ1v) is 2.53. The Labute approximate surface area is 42.9 Å². The van der Waals surface area contributed by atoms with Crippen LogP contribution in [0, 0.1) is 0 Å². The van der Waals surface area contributed by atoms with Crippen LogP contribution in [0.3, 0.4) is 0 Å². The molecule has 0 unspecified atom stereocenters. The zero-order chi connectivity index (χ0) is 5.41. The van der Waals surface area contributed by atoms with E-state index in [4.69, 9.17) is 12.5 Å². The van der Waals surface area contributed by atoms with Crippen LogP contribution in [-0.4, -0.2) is 11.7 Å². The summed E-state index contributed by atoms with van der Waals surface area (Å²) in [5.74, 6) is 0. The molecule has 0 aromatic carbocycles. The Morgan fingerprint density at radius 3 is 1.67 bits per heavy atom. The summed E-state index contributed by atoms with van der Waals surface area (Å²) in [7, 11) is 0. The fourth-order valence-electron chi connectivity index (χ4n) is 0. The summed E-state index contributed by atoms with van der Waals surface area (Å²) >= 11 is -1.81. The molecule has 0 aliphatic carbocycles. The second kappa shape index (κ2) is 19.2. The summed E-state index contributed by atoms with van der Waals surface area (Å²) in [5, 5.41) is 7.57. The average Bonchev–Trinajstić information content (AvgIpc) is 1.39. The summed E-state index contributed by atoms with van der Waals surface area (Å²) in [6.07, 6.45) is 0. The Bertz CT molecular complexity index is 38.1. The molecule has 0 bridgehead atoms. The molecule has 4 heteroatoms. The van der Waals surface area contributed by atoms with E-state index in [-0.39, 0.29) is 6.61 Å². The molecule has 37 valence electrons. The van der Waals surface area contributed by atoms with E-state index in [1.165, 1.54) is 0 Å². The molecule has 0 aromatic heterocycles. The Hall–Kier alpha value is 0.144. The molecule has 0 atom stereocenters. The minimum atomic E-state index is -1.81. The number of hydrogen-bond donors (Lipinski definition) is 1. The van der Waals surface area contributed by atoms with Crippen LogP contribution in [0.2, 0.25) is 0 Å². The summed E-state index contributed by atoms with van der Waals surface area (Å²) in [6.45, 7) is 1.93. The van der Waals surface area contributed by atoms with Crippen molar-refractivity contribution in [3.05, 3.63) is 0 Å².